The molecule has 4 nitrogen and oxygen atoms in total. The highest BCUT2D eigenvalue weighted by Crippen LogP contribution is 2.20. The van der Waals surface area contributed by atoms with Crippen LogP contribution >= 0.6 is 0 Å². The van der Waals surface area contributed by atoms with Gasteiger partial charge in [0.2, 0.25) is 0 Å². The van der Waals surface area contributed by atoms with Gasteiger partial charge in [-0.2, -0.15) is 5.26 Å². The van der Waals surface area contributed by atoms with Crippen LogP contribution in [-0.4, -0.2) is 22.3 Å². The van der Waals surface area contributed by atoms with Gasteiger partial charge in [0.1, 0.15) is 0 Å². The van der Waals surface area contributed by atoms with Crippen molar-refractivity contribution in [1.29, 1.82) is 5.26 Å². The van der Waals surface area contributed by atoms with Crippen LogP contribution in [0.2, 0.25) is 0 Å². The molecular weight excluding hydrogens is 276 g/mol. The fraction of sp³-hybridized carbons (Fsp3) is 0.167. The second-order valence-electron chi connectivity index (χ2n) is 5.11. The molecule has 1 N–H and O–H groups in total. The quantitative estimate of drug-likeness (QED) is 0.859. The molecule has 4 heteroatoms. The van der Waals surface area contributed by atoms with Crippen LogP contribution in [0.4, 0.5) is 0 Å². The number of carboxylic acids is 1. The number of aliphatic imine (C=N–C) groups is 1. The maximum atomic E-state index is 11.6. The third kappa shape index (κ3) is 3.39. The van der Waals surface area contributed by atoms with E-state index in [0.717, 1.165) is 11.1 Å². The highest BCUT2D eigenvalue weighted by Gasteiger charge is 2.33. The first-order valence-electron chi connectivity index (χ1n) is 6.88. The molecule has 0 amide bonds. The van der Waals surface area contributed by atoms with Crippen LogP contribution < -0.4 is 0 Å². The molecule has 0 saturated heterocycles. The van der Waals surface area contributed by atoms with Gasteiger partial charge in [-0.1, -0.05) is 60.7 Å². The zero-order valence-corrected chi connectivity index (χ0v) is 12.2. The summed E-state index contributed by atoms with van der Waals surface area (Å²) >= 11 is 0. The molecule has 22 heavy (non-hydrogen) atoms. The van der Waals surface area contributed by atoms with Crippen molar-refractivity contribution in [3.63, 3.8) is 0 Å². The predicted octanol–water partition coefficient (Wildman–Crippen LogP) is 3.28. The van der Waals surface area contributed by atoms with Crippen molar-refractivity contribution in [2.45, 2.75) is 18.9 Å². The summed E-state index contributed by atoms with van der Waals surface area (Å²) in [5.41, 5.74) is 0.732. The van der Waals surface area contributed by atoms with Crippen molar-refractivity contribution >= 4 is 11.7 Å². The monoisotopic (exact) mass is 292 g/mol. The largest absolute Gasteiger partial charge is 0.479 e. The molecule has 0 aliphatic rings. The third-order valence-corrected chi connectivity index (χ3v) is 3.34. The molecule has 110 valence electrons. The van der Waals surface area contributed by atoms with Crippen molar-refractivity contribution in [2.24, 2.45) is 4.99 Å². The van der Waals surface area contributed by atoms with Gasteiger partial charge in [-0.25, -0.2) is 4.79 Å². The molecule has 0 heterocycles. The van der Waals surface area contributed by atoms with Gasteiger partial charge in [0.15, 0.2) is 5.54 Å². The smallest absolute Gasteiger partial charge is 0.332 e. The number of carbonyl (C=O) groups is 1. The van der Waals surface area contributed by atoms with Gasteiger partial charge in [-0.15, -0.1) is 0 Å². The Labute approximate surface area is 129 Å². The normalized spacial score (nSPS) is 12.7. The van der Waals surface area contributed by atoms with E-state index in [1.54, 1.807) is 0 Å². The fourth-order valence-electron chi connectivity index (χ4n) is 2.05. The van der Waals surface area contributed by atoms with Crippen LogP contribution in [-0.2, 0) is 4.79 Å². The standard InChI is InChI=1S/C18H16N2O2/c1-18(12-13-19,17(21)22)20-16(14-8-4-2-5-9-14)15-10-6-3-7-11-15/h2-11H,12H2,1H3,(H,21,22). The molecule has 0 aliphatic heterocycles. The summed E-state index contributed by atoms with van der Waals surface area (Å²) in [7, 11) is 0. The Bertz CT molecular complexity index is 676. The number of aliphatic carboxylic acids is 1. The van der Waals surface area contributed by atoms with E-state index in [-0.39, 0.29) is 6.42 Å². The first kappa shape index (κ1) is 15.5. The molecule has 0 spiro atoms. The lowest BCUT2D eigenvalue weighted by Gasteiger charge is -2.19. The average molecular weight is 292 g/mol. The molecule has 0 saturated carbocycles. The Morgan fingerprint density at radius 3 is 1.91 bits per heavy atom. The van der Waals surface area contributed by atoms with Gasteiger partial charge in [-0.05, 0) is 6.92 Å². The summed E-state index contributed by atoms with van der Waals surface area (Å²) < 4.78 is 0. The Morgan fingerprint density at radius 1 is 1.09 bits per heavy atom. The number of hydrogen-bond acceptors (Lipinski definition) is 3. The van der Waals surface area contributed by atoms with Crippen LogP contribution in [0.25, 0.3) is 0 Å². The first-order valence-corrected chi connectivity index (χ1v) is 6.88. The maximum absolute atomic E-state index is 11.6. The Balaban J connectivity index is 2.61. The number of nitrogens with zero attached hydrogens (tertiary/aromatic N) is 2. The lowest BCUT2D eigenvalue weighted by Crippen LogP contribution is -2.34. The van der Waals surface area contributed by atoms with Crippen molar-refractivity contribution in [1.82, 2.24) is 0 Å². The van der Waals surface area contributed by atoms with E-state index in [2.05, 4.69) is 4.99 Å². The molecule has 0 aliphatic carbocycles. The molecular formula is C18H16N2O2. The molecule has 0 aromatic heterocycles. The van der Waals surface area contributed by atoms with Crippen LogP contribution in [0.3, 0.4) is 0 Å². The van der Waals surface area contributed by atoms with Gasteiger partial charge in [0, 0.05) is 11.1 Å². The molecule has 1 atom stereocenters. The molecule has 2 rings (SSSR count). The first-order chi connectivity index (χ1) is 10.6. The topological polar surface area (TPSA) is 73.5 Å². The molecule has 0 bridgehead atoms. The lowest BCUT2D eigenvalue weighted by atomic mass is 9.96. The summed E-state index contributed by atoms with van der Waals surface area (Å²) in [6, 6.07) is 20.7. The van der Waals surface area contributed by atoms with Gasteiger partial charge in [0.25, 0.3) is 0 Å². The minimum absolute atomic E-state index is 0.189. The highest BCUT2D eigenvalue weighted by molar-refractivity contribution is 6.13. The van der Waals surface area contributed by atoms with Crippen LogP contribution in [0, 0.1) is 11.3 Å². The van der Waals surface area contributed by atoms with E-state index in [1.807, 2.05) is 66.7 Å². The minimum atomic E-state index is -1.48. The SMILES string of the molecule is CC(CC#N)(N=C(c1ccccc1)c1ccccc1)C(=O)O. The van der Waals surface area contributed by atoms with Crippen LogP contribution in [0.5, 0.6) is 0 Å². The Kier molecular flexibility index (Phi) is 4.70. The Morgan fingerprint density at radius 2 is 1.55 bits per heavy atom. The summed E-state index contributed by atoms with van der Waals surface area (Å²) in [4.78, 5) is 16.0. The van der Waals surface area contributed by atoms with Crippen molar-refractivity contribution in [3.05, 3.63) is 71.8 Å². The van der Waals surface area contributed by atoms with Gasteiger partial charge >= 0.3 is 5.97 Å². The third-order valence-electron chi connectivity index (χ3n) is 3.34. The molecule has 0 radical (unpaired) electrons. The fourth-order valence-corrected chi connectivity index (χ4v) is 2.05. The zero-order chi connectivity index (χ0) is 16.0. The van der Waals surface area contributed by atoms with Crippen molar-refractivity contribution < 1.29 is 9.90 Å². The van der Waals surface area contributed by atoms with Gasteiger partial charge in [-0.3, -0.25) is 4.99 Å². The zero-order valence-electron chi connectivity index (χ0n) is 12.2. The number of rotatable bonds is 5. The Hall–Kier alpha value is -2.93. The molecule has 0 fully saturated rings. The number of benzene rings is 2. The van der Waals surface area contributed by atoms with E-state index in [4.69, 9.17) is 5.26 Å². The van der Waals surface area contributed by atoms with E-state index >= 15 is 0 Å². The van der Waals surface area contributed by atoms with Crippen molar-refractivity contribution in [3.8, 4) is 6.07 Å². The van der Waals surface area contributed by atoms with Gasteiger partial charge < -0.3 is 5.11 Å². The lowest BCUT2D eigenvalue weighted by molar-refractivity contribution is -0.142. The second-order valence-corrected chi connectivity index (χ2v) is 5.11. The molecule has 2 aromatic carbocycles. The summed E-state index contributed by atoms with van der Waals surface area (Å²) in [5.74, 6) is -1.11. The highest BCUT2D eigenvalue weighted by atomic mass is 16.4. The number of nitriles is 1. The van der Waals surface area contributed by atoms with Crippen LogP contribution in [0.15, 0.2) is 65.7 Å². The van der Waals surface area contributed by atoms with E-state index in [9.17, 15) is 9.90 Å². The second kappa shape index (κ2) is 6.68. The number of hydrogen-bond donors (Lipinski definition) is 1. The molecule has 2 aromatic rings. The predicted molar refractivity (Wildman–Crippen MR) is 84.8 cm³/mol. The van der Waals surface area contributed by atoms with E-state index < -0.39 is 11.5 Å². The minimum Gasteiger partial charge on any atom is -0.479 e. The summed E-state index contributed by atoms with van der Waals surface area (Å²) in [5, 5.41) is 18.4. The maximum Gasteiger partial charge on any atom is 0.332 e. The average Bonchev–Trinajstić information content (AvgIpc) is 2.54. The van der Waals surface area contributed by atoms with E-state index in [0.29, 0.717) is 5.71 Å². The van der Waals surface area contributed by atoms with Crippen LogP contribution in [0.1, 0.15) is 24.5 Å². The summed E-state index contributed by atoms with van der Waals surface area (Å²) in [6.07, 6.45) is -0.189. The summed E-state index contributed by atoms with van der Waals surface area (Å²) in [6.45, 7) is 1.46. The number of carboxylic acid groups (broad SMARTS) is 1. The molecule has 1 unspecified atom stereocenters. The van der Waals surface area contributed by atoms with Crippen molar-refractivity contribution in [2.75, 3.05) is 0 Å². The van der Waals surface area contributed by atoms with Gasteiger partial charge in [0.05, 0.1) is 18.2 Å². The van der Waals surface area contributed by atoms with E-state index in [1.165, 1.54) is 6.92 Å².